The Bertz CT molecular complexity index is 944. The van der Waals surface area contributed by atoms with Crippen LogP contribution in [0.3, 0.4) is 0 Å². The highest BCUT2D eigenvalue weighted by atomic mass is 16.5. The second-order valence-electron chi connectivity index (χ2n) is 8.32. The number of carbonyl (C=O) groups excluding carboxylic acids is 2. The number of ether oxygens (including phenoxy) is 2. The Hall–Kier alpha value is -3.10. The molecule has 0 spiro atoms. The Morgan fingerprint density at radius 1 is 1.12 bits per heavy atom. The molecule has 32 heavy (non-hydrogen) atoms. The number of nitrogens with one attached hydrogen (secondary N) is 1. The lowest BCUT2D eigenvalue weighted by molar-refractivity contribution is -0.134. The van der Waals surface area contributed by atoms with Gasteiger partial charge < -0.3 is 19.7 Å². The first-order valence-corrected chi connectivity index (χ1v) is 11.4. The summed E-state index contributed by atoms with van der Waals surface area (Å²) in [6.45, 7) is 2.40. The predicted molar refractivity (Wildman–Crippen MR) is 118 cm³/mol. The van der Waals surface area contributed by atoms with E-state index in [1.807, 2.05) is 11.1 Å². The first kappa shape index (κ1) is 22.1. The molecule has 1 atom stereocenters. The fourth-order valence-corrected chi connectivity index (χ4v) is 4.36. The molecule has 2 amide bonds. The molecule has 3 heterocycles. The molecular weight excluding hydrogens is 410 g/mol. The maximum absolute atomic E-state index is 12.9. The minimum absolute atomic E-state index is 0.154. The van der Waals surface area contributed by atoms with Crippen molar-refractivity contribution in [1.82, 2.24) is 25.2 Å². The standard InChI is InChI=1S/C23H31N5O4/c1-31-20-8-6-17-15-21(20)32-14-4-12-27-16-18(25-26-27)7-9-22(29)28-13-3-2-5-19(28)10-11-24-23(17)30/h6,8,15-16,19H,2-5,7,9-14H2,1H3,(H,24,30). The minimum atomic E-state index is -0.154. The first-order chi connectivity index (χ1) is 15.6. The first-order valence-electron chi connectivity index (χ1n) is 11.4. The van der Waals surface area contributed by atoms with Crippen LogP contribution in [0.2, 0.25) is 0 Å². The number of aryl methyl sites for hydroxylation is 2. The van der Waals surface area contributed by atoms with Crippen LogP contribution >= 0.6 is 0 Å². The number of aromatic nitrogens is 3. The summed E-state index contributed by atoms with van der Waals surface area (Å²) in [6.07, 6.45) is 7.48. The molecule has 1 N–H and O–H groups in total. The largest absolute Gasteiger partial charge is 0.493 e. The van der Waals surface area contributed by atoms with Crippen molar-refractivity contribution < 1.29 is 19.1 Å². The van der Waals surface area contributed by atoms with E-state index in [1.54, 1.807) is 30.0 Å². The van der Waals surface area contributed by atoms with Crippen LogP contribution in [-0.4, -0.2) is 64.6 Å². The van der Waals surface area contributed by atoms with Crippen molar-refractivity contribution in [2.45, 2.75) is 57.5 Å². The molecule has 2 aromatic rings. The summed E-state index contributed by atoms with van der Waals surface area (Å²) >= 11 is 0. The number of piperidine rings is 1. The van der Waals surface area contributed by atoms with Crippen molar-refractivity contribution in [3.8, 4) is 11.5 Å². The van der Waals surface area contributed by atoms with Gasteiger partial charge in [0.2, 0.25) is 5.91 Å². The summed E-state index contributed by atoms with van der Waals surface area (Å²) in [7, 11) is 1.58. The van der Waals surface area contributed by atoms with Gasteiger partial charge in [-0.05, 0) is 43.9 Å². The van der Waals surface area contributed by atoms with Crippen molar-refractivity contribution >= 4 is 11.8 Å². The molecule has 0 radical (unpaired) electrons. The van der Waals surface area contributed by atoms with Crippen molar-refractivity contribution in [3.05, 3.63) is 35.7 Å². The molecule has 9 nitrogen and oxygen atoms in total. The number of carbonyl (C=O) groups is 2. The second-order valence-corrected chi connectivity index (χ2v) is 8.32. The van der Waals surface area contributed by atoms with Gasteiger partial charge in [0.25, 0.3) is 5.91 Å². The predicted octanol–water partition coefficient (Wildman–Crippen LogP) is 2.20. The maximum atomic E-state index is 12.9. The Kier molecular flexibility index (Phi) is 7.24. The summed E-state index contributed by atoms with van der Waals surface area (Å²) < 4.78 is 13.1. The Labute approximate surface area is 188 Å². The number of methoxy groups -OCH3 is 1. The highest BCUT2D eigenvalue weighted by Gasteiger charge is 2.26. The van der Waals surface area contributed by atoms with Crippen LogP contribution in [0.5, 0.6) is 11.5 Å². The van der Waals surface area contributed by atoms with Crippen molar-refractivity contribution in [1.29, 1.82) is 0 Å². The number of hydrogen-bond acceptors (Lipinski definition) is 6. The topological polar surface area (TPSA) is 98.6 Å². The molecule has 0 aliphatic carbocycles. The SMILES string of the molecule is COc1ccc2cc1OCCCn1cc(nn1)CCC(=O)N1CCCCC1CCNC2=O. The molecule has 9 heteroatoms. The smallest absolute Gasteiger partial charge is 0.251 e. The van der Waals surface area contributed by atoms with Crippen LogP contribution in [0.25, 0.3) is 0 Å². The maximum Gasteiger partial charge on any atom is 0.251 e. The van der Waals surface area contributed by atoms with E-state index in [0.29, 0.717) is 49.6 Å². The van der Waals surface area contributed by atoms with E-state index in [9.17, 15) is 9.59 Å². The Morgan fingerprint density at radius 2 is 2.03 bits per heavy atom. The lowest BCUT2D eigenvalue weighted by Gasteiger charge is -2.36. The van der Waals surface area contributed by atoms with Crippen molar-refractivity contribution in [2.75, 3.05) is 26.8 Å². The summed E-state index contributed by atoms with van der Waals surface area (Å²) in [5, 5.41) is 11.4. The normalized spacial score (nSPS) is 20.8. The van der Waals surface area contributed by atoms with Gasteiger partial charge in [0.1, 0.15) is 0 Å². The zero-order valence-electron chi connectivity index (χ0n) is 18.6. The van der Waals surface area contributed by atoms with Crippen LogP contribution < -0.4 is 14.8 Å². The van der Waals surface area contributed by atoms with E-state index in [0.717, 1.165) is 44.3 Å². The number of hydrogen-bond donors (Lipinski definition) is 1. The Balaban J connectivity index is 1.52. The molecule has 0 saturated carbocycles. The summed E-state index contributed by atoms with van der Waals surface area (Å²) in [5.74, 6) is 1.13. The van der Waals surface area contributed by atoms with Gasteiger partial charge >= 0.3 is 0 Å². The molecule has 2 aliphatic heterocycles. The fraction of sp³-hybridized carbons (Fsp3) is 0.565. The van der Waals surface area contributed by atoms with Crippen molar-refractivity contribution in [2.24, 2.45) is 0 Å². The van der Waals surface area contributed by atoms with E-state index in [2.05, 4.69) is 15.6 Å². The van der Waals surface area contributed by atoms with Gasteiger partial charge in [0.15, 0.2) is 11.5 Å². The van der Waals surface area contributed by atoms with Crippen LogP contribution in [0.15, 0.2) is 24.4 Å². The number of benzene rings is 1. The summed E-state index contributed by atoms with van der Waals surface area (Å²) in [4.78, 5) is 27.6. The van der Waals surface area contributed by atoms with E-state index in [1.165, 1.54) is 0 Å². The van der Waals surface area contributed by atoms with Crippen LogP contribution in [0.1, 0.15) is 54.6 Å². The van der Waals surface area contributed by atoms with Gasteiger partial charge in [0, 0.05) is 56.7 Å². The zero-order chi connectivity index (χ0) is 22.3. The summed E-state index contributed by atoms with van der Waals surface area (Å²) in [5.41, 5.74) is 1.35. The van der Waals surface area contributed by atoms with E-state index < -0.39 is 0 Å². The molecule has 4 rings (SSSR count). The van der Waals surface area contributed by atoms with E-state index >= 15 is 0 Å². The highest BCUT2D eigenvalue weighted by Crippen LogP contribution is 2.28. The lowest BCUT2D eigenvalue weighted by Crippen LogP contribution is -2.45. The Morgan fingerprint density at radius 3 is 2.91 bits per heavy atom. The van der Waals surface area contributed by atoms with Crippen LogP contribution in [0, 0.1) is 0 Å². The molecule has 1 aromatic heterocycles. The van der Waals surface area contributed by atoms with Crippen molar-refractivity contribution in [3.63, 3.8) is 0 Å². The van der Waals surface area contributed by atoms with Gasteiger partial charge in [-0.1, -0.05) is 5.21 Å². The summed E-state index contributed by atoms with van der Waals surface area (Å²) in [6, 6.07) is 5.35. The monoisotopic (exact) mass is 441 g/mol. The van der Waals surface area contributed by atoms with E-state index in [-0.39, 0.29) is 17.9 Å². The van der Waals surface area contributed by atoms with Gasteiger partial charge in [0.05, 0.1) is 19.4 Å². The molecule has 172 valence electrons. The van der Waals surface area contributed by atoms with Gasteiger partial charge in [-0.2, -0.15) is 0 Å². The third-order valence-electron chi connectivity index (χ3n) is 6.11. The molecule has 1 unspecified atom stereocenters. The molecule has 4 bridgehead atoms. The molecular formula is C23H31N5O4. The third-order valence-corrected chi connectivity index (χ3v) is 6.11. The van der Waals surface area contributed by atoms with Crippen LogP contribution in [-0.2, 0) is 17.8 Å². The number of amides is 2. The molecule has 1 aromatic carbocycles. The van der Waals surface area contributed by atoms with Gasteiger partial charge in [-0.15, -0.1) is 5.10 Å². The average molecular weight is 442 g/mol. The van der Waals surface area contributed by atoms with Crippen LogP contribution in [0.4, 0.5) is 0 Å². The number of fused-ring (bicyclic) bond motifs is 5. The highest BCUT2D eigenvalue weighted by molar-refractivity contribution is 5.94. The molecule has 2 aliphatic rings. The lowest BCUT2D eigenvalue weighted by atomic mass is 9.98. The van der Waals surface area contributed by atoms with E-state index in [4.69, 9.17) is 9.47 Å². The fourth-order valence-electron chi connectivity index (χ4n) is 4.36. The zero-order valence-corrected chi connectivity index (χ0v) is 18.6. The third kappa shape index (κ3) is 5.38. The quantitative estimate of drug-likeness (QED) is 0.729. The van der Waals surface area contributed by atoms with Gasteiger partial charge in [-0.25, -0.2) is 0 Å². The van der Waals surface area contributed by atoms with Gasteiger partial charge in [-0.3, -0.25) is 14.3 Å². The number of nitrogens with zero attached hydrogens (tertiary/aromatic N) is 4. The second kappa shape index (κ2) is 10.5. The number of rotatable bonds is 1. The average Bonchev–Trinajstić information content (AvgIpc) is 3.27. The molecule has 1 fully saturated rings. The minimum Gasteiger partial charge on any atom is -0.493 e. The molecule has 1 saturated heterocycles.